The molecule has 2 aromatic heterocycles. The molecule has 0 aromatic carbocycles. The first-order chi connectivity index (χ1) is 7.09. The molecule has 80 valence electrons. The lowest BCUT2D eigenvalue weighted by Crippen LogP contribution is -1.91. The summed E-state index contributed by atoms with van der Waals surface area (Å²) in [6.45, 7) is 1.87. The van der Waals surface area contributed by atoms with Crippen LogP contribution in [0.3, 0.4) is 0 Å². The molecule has 0 amide bonds. The number of hydrogen-bond donors (Lipinski definition) is 0. The molecule has 15 heavy (non-hydrogen) atoms. The van der Waals surface area contributed by atoms with E-state index in [1.807, 2.05) is 13.0 Å². The number of hydrogen-bond acceptors (Lipinski definition) is 2. The fourth-order valence-corrected chi connectivity index (χ4v) is 3.40. The Morgan fingerprint density at radius 3 is 2.53 bits per heavy atom. The van der Waals surface area contributed by atoms with Gasteiger partial charge in [-0.15, -0.1) is 22.9 Å². The van der Waals surface area contributed by atoms with Gasteiger partial charge in [-0.2, -0.15) is 0 Å². The number of aryl methyl sites for hydroxylation is 1. The lowest BCUT2D eigenvalue weighted by atomic mass is 10.1. The monoisotopic (exact) mass is 280 g/mol. The zero-order valence-electron chi connectivity index (χ0n) is 7.76. The van der Waals surface area contributed by atoms with Crippen LogP contribution in [0.4, 0.5) is 0 Å². The minimum atomic E-state index is -0.306. The highest BCUT2D eigenvalue weighted by Gasteiger charge is 2.20. The van der Waals surface area contributed by atoms with Crippen LogP contribution in [-0.2, 0) is 0 Å². The van der Waals surface area contributed by atoms with E-state index >= 15 is 0 Å². The van der Waals surface area contributed by atoms with Gasteiger partial charge in [-0.3, -0.25) is 0 Å². The van der Waals surface area contributed by atoms with E-state index in [1.165, 1.54) is 11.3 Å². The van der Waals surface area contributed by atoms with Crippen molar-refractivity contribution in [3.05, 3.63) is 44.0 Å². The van der Waals surface area contributed by atoms with Crippen molar-refractivity contribution in [3.8, 4) is 0 Å². The smallest absolute Gasteiger partial charge is 0.105 e. The molecule has 1 nitrogen and oxygen atoms in total. The largest absolute Gasteiger partial charge is 0.469 e. The van der Waals surface area contributed by atoms with Gasteiger partial charge in [0.1, 0.15) is 5.76 Å². The number of rotatable bonds is 2. The van der Waals surface area contributed by atoms with Gasteiger partial charge in [0, 0.05) is 11.1 Å². The summed E-state index contributed by atoms with van der Waals surface area (Å²) in [5.41, 5.74) is 1.76. The van der Waals surface area contributed by atoms with Crippen molar-refractivity contribution in [1.29, 1.82) is 0 Å². The molecule has 0 radical (unpaired) electrons. The van der Waals surface area contributed by atoms with Crippen LogP contribution in [-0.4, -0.2) is 0 Å². The molecule has 2 rings (SSSR count). The number of furan rings is 1. The lowest BCUT2D eigenvalue weighted by molar-refractivity contribution is 0.530. The number of thiophene rings is 1. The normalized spacial score (nSPS) is 13.1. The summed E-state index contributed by atoms with van der Waals surface area (Å²) >= 11 is 19.5. The molecule has 2 aromatic rings. The van der Waals surface area contributed by atoms with Crippen molar-refractivity contribution in [2.24, 2.45) is 0 Å². The molecular formula is C10H7Cl3OS. The zero-order chi connectivity index (χ0) is 11.0. The molecule has 0 N–H and O–H groups in total. The first-order valence-electron chi connectivity index (χ1n) is 4.22. The van der Waals surface area contributed by atoms with Gasteiger partial charge in [-0.25, -0.2) is 0 Å². The highest BCUT2D eigenvalue weighted by Crippen LogP contribution is 2.41. The second-order valence-electron chi connectivity index (χ2n) is 3.07. The van der Waals surface area contributed by atoms with E-state index in [0.29, 0.717) is 8.67 Å². The third-order valence-electron chi connectivity index (χ3n) is 2.13. The molecule has 5 heteroatoms. The Morgan fingerprint density at radius 2 is 2.07 bits per heavy atom. The summed E-state index contributed by atoms with van der Waals surface area (Å²) in [4.78, 5) is 0. The molecular weight excluding hydrogens is 275 g/mol. The average Bonchev–Trinajstić information content (AvgIpc) is 2.71. The number of alkyl halides is 1. The topological polar surface area (TPSA) is 13.1 Å². The Hall–Kier alpha value is -0.150. The molecule has 0 bridgehead atoms. The Balaban J connectivity index is 2.40. The van der Waals surface area contributed by atoms with Crippen LogP contribution < -0.4 is 0 Å². The van der Waals surface area contributed by atoms with E-state index in [2.05, 4.69) is 0 Å². The predicted octanol–water partition coefficient (Wildman–Crippen LogP) is 5.28. The van der Waals surface area contributed by atoms with Crippen LogP contribution in [0.2, 0.25) is 8.67 Å². The van der Waals surface area contributed by atoms with E-state index in [9.17, 15) is 0 Å². The maximum Gasteiger partial charge on any atom is 0.105 e. The standard InChI is InChI=1S/C10H7Cl3OS/c1-5-6(2-3-14-5)9(12)7-4-8(11)15-10(7)13/h2-4,9H,1H3. The van der Waals surface area contributed by atoms with Crippen LogP contribution in [0.15, 0.2) is 22.8 Å². The molecule has 0 spiro atoms. The van der Waals surface area contributed by atoms with E-state index in [4.69, 9.17) is 39.2 Å². The summed E-state index contributed by atoms with van der Waals surface area (Å²) in [7, 11) is 0. The minimum absolute atomic E-state index is 0.306. The molecule has 0 fully saturated rings. The fourth-order valence-electron chi connectivity index (χ4n) is 1.35. The van der Waals surface area contributed by atoms with Crippen molar-refractivity contribution in [2.45, 2.75) is 12.3 Å². The first-order valence-corrected chi connectivity index (χ1v) is 6.23. The minimum Gasteiger partial charge on any atom is -0.469 e. The fraction of sp³-hybridized carbons (Fsp3) is 0.200. The van der Waals surface area contributed by atoms with Crippen LogP contribution in [0, 0.1) is 6.92 Å². The summed E-state index contributed by atoms with van der Waals surface area (Å²) in [5, 5.41) is -0.306. The van der Waals surface area contributed by atoms with Crippen LogP contribution >= 0.6 is 46.1 Å². The second-order valence-corrected chi connectivity index (χ2v) is 5.80. The van der Waals surface area contributed by atoms with Crippen molar-refractivity contribution in [3.63, 3.8) is 0 Å². The van der Waals surface area contributed by atoms with Gasteiger partial charge in [-0.1, -0.05) is 23.2 Å². The van der Waals surface area contributed by atoms with Crippen LogP contribution in [0.25, 0.3) is 0 Å². The van der Waals surface area contributed by atoms with Gasteiger partial charge in [0.25, 0.3) is 0 Å². The van der Waals surface area contributed by atoms with Crippen molar-refractivity contribution >= 4 is 46.1 Å². The number of halogens is 3. The predicted molar refractivity (Wildman–Crippen MR) is 65.5 cm³/mol. The lowest BCUT2D eigenvalue weighted by Gasteiger charge is -2.06. The molecule has 2 heterocycles. The zero-order valence-corrected chi connectivity index (χ0v) is 10.8. The highest BCUT2D eigenvalue weighted by molar-refractivity contribution is 7.20. The van der Waals surface area contributed by atoms with Gasteiger partial charge in [-0.05, 0) is 19.1 Å². The Labute approximate surface area is 107 Å². The van der Waals surface area contributed by atoms with E-state index in [0.717, 1.165) is 16.9 Å². The van der Waals surface area contributed by atoms with E-state index < -0.39 is 0 Å². The van der Waals surface area contributed by atoms with Gasteiger partial charge in [0.15, 0.2) is 0 Å². The summed E-state index contributed by atoms with van der Waals surface area (Å²) in [6.07, 6.45) is 1.61. The third kappa shape index (κ3) is 2.18. The maximum atomic E-state index is 6.30. The van der Waals surface area contributed by atoms with Gasteiger partial charge in [0.2, 0.25) is 0 Å². The van der Waals surface area contributed by atoms with Crippen LogP contribution in [0.1, 0.15) is 22.3 Å². The molecule has 0 aliphatic carbocycles. The van der Waals surface area contributed by atoms with Crippen molar-refractivity contribution in [2.75, 3.05) is 0 Å². The third-order valence-corrected chi connectivity index (χ3v) is 4.12. The molecule has 0 aliphatic heterocycles. The molecule has 0 saturated heterocycles. The highest BCUT2D eigenvalue weighted by atomic mass is 35.5. The molecule has 0 saturated carbocycles. The van der Waals surface area contributed by atoms with Gasteiger partial charge < -0.3 is 4.42 Å². The van der Waals surface area contributed by atoms with Gasteiger partial charge >= 0.3 is 0 Å². The molecule has 1 atom stereocenters. The summed E-state index contributed by atoms with van der Waals surface area (Å²) < 4.78 is 6.46. The average molecular weight is 282 g/mol. The van der Waals surface area contributed by atoms with Crippen LogP contribution in [0.5, 0.6) is 0 Å². The van der Waals surface area contributed by atoms with E-state index in [-0.39, 0.29) is 5.38 Å². The molecule has 1 unspecified atom stereocenters. The Kier molecular flexibility index (Phi) is 3.31. The SMILES string of the molecule is Cc1occc1C(Cl)c1cc(Cl)sc1Cl. The summed E-state index contributed by atoms with van der Waals surface area (Å²) in [5.74, 6) is 0.799. The van der Waals surface area contributed by atoms with Gasteiger partial charge in [0.05, 0.1) is 20.3 Å². The Bertz CT molecular complexity index is 475. The quantitative estimate of drug-likeness (QED) is 0.682. The van der Waals surface area contributed by atoms with E-state index in [1.54, 1.807) is 12.3 Å². The van der Waals surface area contributed by atoms with Crippen molar-refractivity contribution < 1.29 is 4.42 Å². The second kappa shape index (κ2) is 4.38. The van der Waals surface area contributed by atoms with Crippen molar-refractivity contribution in [1.82, 2.24) is 0 Å². The summed E-state index contributed by atoms with van der Waals surface area (Å²) in [6, 6.07) is 3.63. The first kappa shape index (κ1) is 11.3. The molecule has 0 aliphatic rings. The maximum absolute atomic E-state index is 6.30. The Morgan fingerprint density at radius 1 is 1.33 bits per heavy atom.